The van der Waals surface area contributed by atoms with Gasteiger partial charge >= 0.3 is 0 Å². The van der Waals surface area contributed by atoms with Crippen molar-refractivity contribution in [3.63, 3.8) is 0 Å². The van der Waals surface area contributed by atoms with Crippen LogP contribution in [0.4, 0.5) is 5.69 Å². The first-order valence-corrected chi connectivity index (χ1v) is 10.8. The average molecular weight is 545 g/mol. The predicted molar refractivity (Wildman–Crippen MR) is 138 cm³/mol. The molecule has 2 heterocycles. The topological polar surface area (TPSA) is 48.7 Å². The van der Waals surface area contributed by atoms with Crippen molar-refractivity contribution in [3.8, 4) is 0 Å². The minimum absolute atomic E-state index is 0. The summed E-state index contributed by atoms with van der Waals surface area (Å²) in [6.45, 7) is 13.9. The number of nitrogens with one attached hydrogen (secondary N) is 1. The molecular weight excluding hydrogens is 511 g/mol. The number of hydrogen-bond donors (Lipinski definition) is 1. The molecule has 0 unspecified atom stereocenters. The third-order valence-electron chi connectivity index (χ3n) is 5.71. The maximum absolute atomic E-state index is 6.22. The molecule has 1 aliphatic heterocycles. The van der Waals surface area contributed by atoms with Crippen molar-refractivity contribution in [2.75, 3.05) is 44.2 Å². The van der Waals surface area contributed by atoms with E-state index in [2.05, 4.69) is 60.0 Å². The van der Waals surface area contributed by atoms with E-state index in [-0.39, 0.29) is 24.0 Å². The van der Waals surface area contributed by atoms with Gasteiger partial charge in [-0.15, -0.1) is 24.0 Å². The van der Waals surface area contributed by atoms with E-state index in [9.17, 15) is 0 Å². The van der Waals surface area contributed by atoms with Crippen LogP contribution in [0.5, 0.6) is 0 Å². The Kier molecular flexibility index (Phi) is 9.28. The van der Waals surface area contributed by atoms with Crippen LogP contribution in [0.25, 0.3) is 0 Å². The molecule has 1 aromatic heterocycles. The van der Waals surface area contributed by atoms with Gasteiger partial charge in [-0.2, -0.15) is 5.10 Å². The zero-order chi connectivity index (χ0) is 21.0. The van der Waals surface area contributed by atoms with Gasteiger partial charge in [0, 0.05) is 62.7 Å². The molecule has 30 heavy (non-hydrogen) atoms. The van der Waals surface area contributed by atoms with E-state index in [1.807, 2.05) is 17.8 Å². The summed E-state index contributed by atoms with van der Waals surface area (Å²) in [6.07, 6.45) is 0.919. The van der Waals surface area contributed by atoms with Gasteiger partial charge in [-0.25, -0.2) is 0 Å². The fourth-order valence-electron chi connectivity index (χ4n) is 3.96. The van der Waals surface area contributed by atoms with Crippen LogP contribution in [-0.2, 0) is 13.5 Å². The molecule has 0 radical (unpaired) electrons. The van der Waals surface area contributed by atoms with Crippen molar-refractivity contribution >= 4 is 47.2 Å². The van der Waals surface area contributed by atoms with Crippen molar-refractivity contribution in [1.29, 1.82) is 0 Å². The first-order chi connectivity index (χ1) is 13.9. The third kappa shape index (κ3) is 5.81. The lowest BCUT2D eigenvalue weighted by atomic mass is 10.1. The van der Waals surface area contributed by atoms with Crippen LogP contribution in [0.15, 0.2) is 23.2 Å². The number of rotatable bonds is 5. The highest BCUT2D eigenvalue weighted by Crippen LogP contribution is 2.25. The molecule has 1 N–H and O–H groups in total. The monoisotopic (exact) mass is 544 g/mol. The highest BCUT2D eigenvalue weighted by atomic mass is 127. The van der Waals surface area contributed by atoms with Crippen molar-refractivity contribution in [2.24, 2.45) is 12.0 Å². The molecular formula is C22H34ClIN6. The van der Waals surface area contributed by atoms with Crippen molar-refractivity contribution < 1.29 is 0 Å². The highest BCUT2D eigenvalue weighted by molar-refractivity contribution is 14.0. The van der Waals surface area contributed by atoms with Crippen LogP contribution in [-0.4, -0.2) is 59.9 Å². The van der Waals surface area contributed by atoms with Gasteiger partial charge in [0.1, 0.15) is 0 Å². The third-order valence-corrected chi connectivity index (χ3v) is 5.94. The van der Waals surface area contributed by atoms with Crippen LogP contribution < -0.4 is 10.2 Å². The lowest BCUT2D eigenvalue weighted by Gasteiger charge is -2.38. The number of piperazine rings is 1. The van der Waals surface area contributed by atoms with Gasteiger partial charge in [-0.05, 0) is 57.4 Å². The fourth-order valence-corrected chi connectivity index (χ4v) is 4.13. The number of aryl methyl sites for hydroxylation is 3. The quantitative estimate of drug-likeness (QED) is 0.352. The average Bonchev–Trinajstić information content (AvgIpc) is 2.95. The smallest absolute Gasteiger partial charge is 0.194 e. The lowest BCUT2D eigenvalue weighted by molar-refractivity contribution is 0.372. The van der Waals surface area contributed by atoms with E-state index in [1.165, 1.54) is 22.5 Å². The summed E-state index contributed by atoms with van der Waals surface area (Å²) in [4.78, 5) is 9.69. The SMILES string of the molecule is CCNC(=NCCc1c(C)nn(C)c1C)N1CCN(c2cc(Cl)ccc2C)CC1.I. The van der Waals surface area contributed by atoms with E-state index in [0.29, 0.717) is 0 Å². The Bertz CT molecular complexity index is 871. The Balaban J connectivity index is 0.00000320. The van der Waals surface area contributed by atoms with Crippen LogP contribution in [0.2, 0.25) is 5.02 Å². The number of guanidine groups is 1. The van der Waals surface area contributed by atoms with Gasteiger partial charge < -0.3 is 15.1 Å². The fraction of sp³-hybridized carbons (Fsp3) is 0.545. The first-order valence-electron chi connectivity index (χ1n) is 10.4. The molecule has 0 aliphatic carbocycles. The standard InChI is InChI=1S/C22H33ClN6.HI/c1-6-24-22(25-10-9-20-17(3)26-27(5)18(20)4)29-13-11-28(12-14-29)21-15-19(23)8-7-16(21)2;/h7-8,15H,6,9-14H2,1-5H3,(H,24,25);1H. The van der Waals surface area contributed by atoms with Crippen LogP contribution in [0.3, 0.4) is 0 Å². The summed E-state index contributed by atoms with van der Waals surface area (Å²) in [5.74, 6) is 1.01. The summed E-state index contributed by atoms with van der Waals surface area (Å²) in [5.41, 5.74) is 6.16. The van der Waals surface area contributed by atoms with Crippen molar-refractivity contribution in [1.82, 2.24) is 20.0 Å². The molecule has 166 valence electrons. The molecule has 0 saturated carbocycles. The van der Waals surface area contributed by atoms with E-state index < -0.39 is 0 Å². The molecule has 0 spiro atoms. The summed E-state index contributed by atoms with van der Waals surface area (Å²) in [5, 5.41) is 8.77. The summed E-state index contributed by atoms with van der Waals surface area (Å²) in [6, 6.07) is 6.13. The zero-order valence-corrected chi connectivity index (χ0v) is 21.8. The molecule has 0 atom stereocenters. The molecule has 1 fully saturated rings. The highest BCUT2D eigenvalue weighted by Gasteiger charge is 2.21. The molecule has 0 bridgehead atoms. The van der Waals surface area contributed by atoms with E-state index in [1.54, 1.807) is 0 Å². The Labute approximate surface area is 202 Å². The number of anilines is 1. The molecule has 0 amide bonds. The van der Waals surface area contributed by atoms with E-state index in [0.717, 1.165) is 62.4 Å². The summed E-state index contributed by atoms with van der Waals surface area (Å²) >= 11 is 6.22. The number of benzene rings is 1. The Hall–Kier alpha value is -1.48. The van der Waals surface area contributed by atoms with Gasteiger partial charge in [-0.3, -0.25) is 9.67 Å². The van der Waals surface area contributed by atoms with Crippen LogP contribution >= 0.6 is 35.6 Å². The molecule has 2 aromatic rings. The largest absolute Gasteiger partial charge is 0.368 e. The minimum atomic E-state index is 0. The summed E-state index contributed by atoms with van der Waals surface area (Å²) < 4.78 is 1.95. The van der Waals surface area contributed by atoms with Gasteiger partial charge in [0.25, 0.3) is 0 Å². The molecule has 1 aromatic carbocycles. The molecule has 1 saturated heterocycles. The van der Waals surface area contributed by atoms with E-state index in [4.69, 9.17) is 16.6 Å². The van der Waals surface area contributed by atoms with Crippen molar-refractivity contribution in [3.05, 3.63) is 45.7 Å². The van der Waals surface area contributed by atoms with Gasteiger partial charge in [0.05, 0.1) is 5.69 Å². The number of nitrogens with zero attached hydrogens (tertiary/aromatic N) is 5. The van der Waals surface area contributed by atoms with Gasteiger partial charge in [-0.1, -0.05) is 17.7 Å². The second kappa shape index (κ2) is 11.2. The minimum Gasteiger partial charge on any atom is -0.368 e. The van der Waals surface area contributed by atoms with Gasteiger partial charge in [0.15, 0.2) is 5.96 Å². The molecule has 6 nitrogen and oxygen atoms in total. The second-order valence-corrected chi connectivity index (χ2v) is 8.10. The predicted octanol–water partition coefficient (Wildman–Crippen LogP) is 3.95. The number of aromatic nitrogens is 2. The van der Waals surface area contributed by atoms with Crippen LogP contribution in [0.1, 0.15) is 29.4 Å². The molecule has 8 heteroatoms. The normalized spacial score (nSPS) is 14.7. The van der Waals surface area contributed by atoms with Crippen molar-refractivity contribution in [2.45, 2.75) is 34.1 Å². The number of halogens is 2. The number of hydrogen-bond acceptors (Lipinski definition) is 3. The molecule has 3 rings (SSSR count). The van der Waals surface area contributed by atoms with Crippen LogP contribution in [0, 0.1) is 20.8 Å². The molecule has 1 aliphatic rings. The lowest BCUT2D eigenvalue weighted by Crippen LogP contribution is -2.52. The Morgan fingerprint density at radius 1 is 1.17 bits per heavy atom. The summed E-state index contributed by atoms with van der Waals surface area (Å²) in [7, 11) is 2.00. The second-order valence-electron chi connectivity index (χ2n) is 7.66. The van der Waals surface area contributed by atoms with E-state index >= 15 is 0 Å². The van der Waals surface area contributed by atoms with Gasteiger partial charge in [0.2, 0.25) is 0 Å². The Morgan fingerprint density at radius 2 is 1.87 bits per heavy atom. The maximum atomic E-state index is 6.22. The zero-order valence-electron chi connectivity index (χ0n) is 18.7. The first kappa shape index (κ1) is 24.8. The maximum Gasteiger partial charge on any atom is 0.194 e. The number of aliphatic imine (C=N–C) groups is 1. The Morgan fingerprint density at radius 3 is 2.47 bits per heavy atom.